The van der Waals surface area contributed by atoms with Crippen LogP contribution in [-0.2, 0) is 11.2 Å². The Morgan fingerprint density at radius 2 is 1.97 bits per heavy atom. The van der Waals surface area contributed by atoms with Crippen molar-refractivity contribution in [3.05, 3.63) is 53.4 Å². The van der Waals surface area contributed by atoms with E-state index in [0.717, 1.165) is 30.1 Å². The number of anilines is 2. The van der Waals surface area contributed by atoms with Crippen molar-refractivity contribution in [3.8, 4) is 17.1 Å². The summed E-state index contributed by atoms with van der Waals surface area (Å²) in [6.07, 6.45) is 2.96. The molecule has 3 aromatic rings. The number of aryl methyl sites for hydroxylation is 1. The highest BCUT2D eigenvalue weighted by Gasteiger charge is 2.16. The highest BCUT2D eigenvalue weighted by Crippen LogP contribution is 2.31. The molecule has 156 valence electrons. The van der Waals surface area contributed by atoms with E-state index in [1.807, 2.05) is 36.4 Å². The zero-order valence-electron chi connectivity index (χ0n) is 16.7. The molecule has 0 aliphatic carbocycles. The first kappa shape index (κ1) is 20.2. The fourth-order valence-corrected chi connectivity index (χ4v) is 3.76. The Hall–Kier alpha value is -3.06. The minimum Gasteiger partial charge on any atom is -0.497 e. The monoisotopic (exact) mass is 426 g/mol. The summed E-state index contributed by atoms with van der Waals surface area (Å²) in [6.45, 7) is 2.04. The van der Waals surface area contributed by atoms with Gasteiger partial charge in [-0.3, -0.25) is 4.79 Å². The Kier molecular flexibility index (Phi) is 6.18. The molecular formula is C22H23ClN4O3. The lowest BCUT2D eigenvalue weighted by Gasteiger charge is -2.19. The quantitative estimate of drug-likeness (QED) is 0.596. The number of ether oxygens (including phenoxy) is 1. The Morgan fingerprint density at radius 1 is 1.20 bits per heavy atom. The molecule has 1 fully saturated rings. The van der Waals surface area contributed by atoms with E-state index in [2.05, 4.69) is 20.4 Å². The van der Waals surface area contributed by atoms with Gasteiger partial charge in [-0.25, -0.2) is 0 Å². The van der Waals surface area contributed by atoms with Crippen LogP contribution in [0, 0.1) is 0 Å². The van der Waals surface area contributed by atoms with Crippen LogP contribution in [0.1, 0.15) is 25.2 Å². The van der Waals surface area contributed by atoms with Gasteiger partial charge in [-0.1, -0.05) is 16.8 Å². The number of carbonyl (C=O) groups excluding carboxylic acids is 1. The molecule has 0 unspecified atom stereocenters. The second-order valence-corrected chi connectivity index (χ2v) is 7.56. The molecule has 7 nitrogen and oxygen atoms in total. The molecule has 0 saturated carbocycles. The molecule has 1 amide bonds. The van der Waals surface area contributed by atoms with E-state index in [-0.39, 0.29) is 12.3 Å². The van der Waals surface area contributed by atoms with Gasteiger partial charge in [0.1, 0.15) is 5.75 Å². The van der Waals surface area contributed by atoms with Gasteiger partial charge in [0.2, 0.25) is 17.6 Å². The molecule has 1 aliphatic rings. The molecule has 0 bridgehead atoms. The minimum absolute atomic E-state index is 0.135. The lowest BCUT2D eigenvalue weighted by atomic mass is 10.2. The number of benzene rings is 2. The second-order valence-electron chi connectivity index (χ2n) is 7.15. The zero-order valence-corrected chi connectivity index (χ0v) is 17.5. The Labute approximate surface area is 180 Å². The average molecular weight is 427 g/mol. The van der Waals surface area contributed by atoms with E-state index in [0.29, 0.717) is 28.8 Å². The van der Waals surface area contributed by atoms with E-state index in [4.69, 9.17) is 20.9 Å². The summed E-state index contributed by atoms with van der Waals surface area (Å²) in [5, 5.41) is 7.51. The largest absolute Gasteiger partial charge is 0.497 e. The molecule has 2 aromatic carbocycles. The van der Waals surface area contributed by atoms with Gasteiger partial charge in [0.25, 0.3) is 0 Å². The highest BCUT2D eigenvalue weighted by atomic mass is 35.5. The van der Waals surface area contributed by atoms with E-state index in [9.17, 15) is 4.79 Å². The number of amides is 1. The second kappa shape index (κ2) is 9.17. The van der Waals surface area contributed by atoms with Crippen molar-refractivity contribution in [2.45, 2.75) is 25.7 Å². The van der Waals surface area contributed by atoms with Crippen LogP contribution in [0.4, 0.5) is 11.4 Å². The third kappa shape index (κ3) is 4.74. The molecule has 0 radical (unpaired) electrons. The molecule has 1 N–H and O–H groups in total. The number of hydrogen-bond acceptors (Lipinski definition) is 6. The molecule has 4 rings (SSSR count). The van der Waals surface area contributed by atoms with Crippen LogP contribution >= 0.6 is 11.6 Å². The van der Waals surface area contributed by atoms with Crippen LogP contribution in [0.25, 0.3) is 11.4 Å². The van der Waals surface area contributed by atoms with Crippen LogP contribution in [0.15, 0.2) is 47.0 Å². The molecule has 1 aromatic heterocycles. The summed E-state index contributed by atoms with van der Waals surface area (Å²) >= 11 is 6.41. The number of aromatic nitrogens is 2. The SMILES string of the molecule is COc1ccc(-c2noc(CCC(=O)Nc3ccc(N4CCCC4)c(Cl)c3)n2)cc1. The molecule has 1 saturated heterocycles. The smallest absolute Gasteiger partial charge is 0.227 e. The number of methoxy groups -OCH3 is 1. The lowest BCUT2D eigenvalue weighted by Crippen LogP contribution is -2.18. The van der Waals surface area contributed by atoms with Crippen molar-refractivity contribution in [2.75, 3.05) is 30.4 Å². The predicted molar refractivity (Wildman–Crippen MR) is 116 cm³/mol. The van der Waals surface area contributed by atoms with Gasteiger partial charge < -0.3 is 19.5 Å². The van der Waals surface area contributed by atoms with E-state index in [1.165, 1.54) is 12.8 Å². The molecule has 0 atom stereocenters. The van der Waals surface area contributed by atoms with Crippen molar-refractivity contribution >= 4 is 28.9 Å². The Bertz CT molecular complexity index is 1010. The number of nitrogens with zero attached hydrogens (tertiary/aromatic N) is 3. The number of hydrogen-bond donors (Lipinski definition) is 1. The van der Waals surface area contributed by atoms with Gasteiger partial charge in [0, 0.05) is 37.2 Å². The standard InChI is InChI=1S/C22H23ClN4O3/c1-29-17-7-4-15(5-8-17)22-25-21(30-26-22)11-10-20(28)24-16-6-9-19(18(23)14-16)27-12-2-3-13-27/h4-9,14H,2-3,10-13H2,1H3,(H,24,28). The summed E-state index contributed by atoms with van der Waals surface area (Å²) in [6, 6.07) is 13.0. The van der Waals surface area contributed by atoms with Crippen LogP contribution in [0.2, 0.25) is 5.02 Å². The molecule has 30 heavy (non-hydrogen) atoms. The lowest BCUT2D eigenvalue weighted by molar-refractivity contribution is -0.116. The van der Waals surface area contributed by atoms with Crippen molar-refractivity contribution in [3.63, 3.8) is 0 Å². The summed E-state index contributed by atoms with van der Waals surface area (Å²) < 4.78 is 10.4. The van der Waals surface area contributed by atoms with Gasteiger partial charge in [-0.2, -0.15) is 4.98 Å². The van der Waals surface area contributed by atoms with E-state index in [1.54, 1.807) is 13.2 Å². The number of nitrogens with one attached hydrogen (secondary N) is 1. The first-order chi connectivity index (χ1) is 14.6. The fourth-order valence-electron chi connectivity index (χ4n) is 3.46. The van der Waals surface area contributed by atoms with Crippen LogP contribution < -0.4 is 15.0 Å². The van der Waals surface area contributed by atoms with Crippen LogP contribution in [0.3, 0.4) is 0 Å². The maximum atomic E-state index is 12.3. The third-order valence-corrected chi connectivity index (χ3v) is 5.36. The third-order valence-electron chi connectivity index (χ3n) is 5.06. The molecule has 8 heteroatoms. The van der Waals surface area contributed by atoms with Crippen molar-refractivity contribution in [1.82, 2.24) is 10.1 Å². The summed E-state index contributed by atoms with van der Waals surface area (Å²) in [7, 11) is 1.61. The summed E-state index contributed by atoms with van der Waals surface area (Å²) in [5.74, 6) is 1.52. The number of halogens is 1. The molecule has 2 heterocycles. The first-order valence-corrected chi connectivity index (χ1v) is 10.3. The molecular weight excluding hydrogens is 404 g/mol. The Balaban J connectivity index is 1.31. The Morgan fingerprint density at radius 3 is 2.67 bits per heavy atom. The minimum atomic E-state index is -0.135. The van der Waals surface area contributed by atoms with Gasteiger partial charge in [-0.15, -0.1) is 0 Å². The number of rotatable bonds is 7. The van der Waals surface area contributed by atoms with Crippen LogP contribution in [-0.4, -0.2) is 36.2 Å². The van der Waals surface area contributed by atoms with Gasteiger partial charge >= 0.3 is 0 Å². The maximum Gasteiger partial charge on any atom is 0.227 e. The van der Waals surface area contributed by atoms with E-state index < -0.39 is 0 Å². The predicted octanol–water partition coefficient (Wildman–Crippen LogP) is 4.57. The normalized spacial score (nSPS) is 13.5. The van der Waals surface area contributed by atoms with Gasteiger partial charge in [0.05, 0.1) is 17.8 Å². The first-order valence-electron chi connectivity index (χ1n) is 9.94. The summed E-state index contributed by atoms with van der Waals surface area (Å²) in [4.78, 5) is 18.9. The average Bonchev–Trinajstić information content (AvgIpc) is 3.45. The number of carbonyl (C=O) groups is 1. The molecule has 1 aliphatic heterocycles. The van der Waals surface area contributed by atoms with Gasteiger partial charge in [0.15, 0.2) is 0 Å². The van der Waals surface area contributed by atoms with Gasteiger partial charge in [-0.05, 0) is 55.3 Å². The fraction of sp³-hybridized carbons (Fsp3) is 0.318. The van der Waals surface area contributed by atoms with E-state index >= 15 is 0 Å². The molecule has 0 spiro atoms. The summed E-state index contributed by atoms with van der Waals surface area (Å²) in [5.41, 5.74) is 2.52. The highest BCUT2D eigenvalue weighted by molar-refractivity contribution is 6.33. The maximum absolute atomic E-state index is 12.3. The van der Waals surface area contributed by atoms with Crippen molar-refractivity contribution in [1.29, 1.82) is 0 Å². The van der Waals surface area contributed by atoms with Crippen molar-refractivity contribution in [2.24, 2.45) is 0 Å². The zero-order chi connectivity index (χ0) is 20.9. The van der Waals surface area contributed by atoms with Crippen LogP contribution in [0.5, 0.6) is 5.75 Å². The van der Waals surface area contributed by atoms with Crippen molar-refractivity contribution < 1.29 is 14.1 Å². The topological polar surface area (TPSA) is 80.5 Å².